The van der Waals surface area contributed by atoms with E-state index in [1.807, 2.05) is 6.07 Å². The molecule has 2 aromatic rings. The number of hydrogen-bond donors (Lipinski definition) is 1. The van der Waals surface area contributed by atoms with Crippen molar-refractivity contribution in [3.05, 3.63) is 53.8 Å². The molecule has 20 heavy (non-hydrogen) atoms. The van der Waals surface area contributed by atoms with Gasteiger partial charge in [-0.2, -0.15) is 0 Å². The van der Waals surface area contributed by atoms with Gasteiger partial charge in [0, 0.05) is 6.42 Å². The Morgan fingerprint density at radius 2 is 1.85 bits per heavy atom. The molecule has 0 saturated heterocycles. The summed E-state index contributed by atoms with van der Waals surface area (Å²) in [6.07, 6.45) is 0.765. The molecule has 0 unspecified atom stereocenters. The Morgan fingerprint density at radius 3 is 2.60 bits per heavy atom. The lowest BCUT2D eigenvalue weighted by Crippen LogP contribution is -2.13. The van der Waals surface area contributed by atoms with E-state index in [1.165, 1.54) is 12.1 Å². The number of benzene rings is 2. The normalized spacial score (nSPS) is 13.7. The number of hydrogen-bond acceptors (Lipinski definition) is 3. The largest absolute Gasteiger partial charge is 0.491 e. The number of nitrogens with one attached hydrogen (secondary N) is 1. The van der Waals surface area contributed by atoms with Crippen LogP contribution in [-0.2, 0) is 16.4 Å². The molecule has 0 saturated carbocycles. The lowest BCUT2D eigenvalue weighted by molar-refractivity contribution is 0.358. The molecule has 0 aliphatic carbocycles. The second-order valence-corrected chi connectivity index (χ2v) is 6.13. The van der Waals surface area contributed by atoms with E-state index >= 15 is 0 Å². The van der Waals surface area contributed by atoms with Crippen LogP contribution in [-0.4, -0.2) is 15.0 Å². The predicted molar refractivity (Wildman–Crippen MR) is 72.8 cm³/mol. The number of ether oxygens (including phenoxy) is 1. The average molecular weight is 293 g/mol. The molecule has 1 N–H and O–H groups in total. The van der Waals surface area contributed by atoms with Gasteiger partial charge < -0.3 is 4.74 Å². The Labute approximate surface area is 116 Å². The van der Waals surface area contributed by atoms with Crippen molar-refractivity contribution in [2.45, 2.75) is 11.3 Å². The van der Waals surface area contributed by atoms with Gasteiger partial charge >= 0.3 is 0 Å². The van der Waals surface area contributed by atoms with Gasteiger partial charge in [0.1, 0.15) is 11.6 Å². The summed E-state index contributed by atoms with van der Waals surface area (Å²) in [5.74, 6) is 0.0890. The summed E-state index contributed by atoms with van der Waals surface area (Å²) in [5.41, 5.74) is 1.38. The van der Waals surface area contributed by atoms with E-state index in [2.05, 4.69) is 4.72 Å². The fourth-order valence-electron chi connectivity index (χ4n) is 2.11. The molecule has 0 atom stereocenters. The number of rotatable bonds is 3. The van der Waals surface area contributed by atoms with Gasteiger partial charge in [-0.25, -0.2) is 12.8 Å². The van der Waals surface area contributed by atoms with Crippen LogP contribution in [0, 0.1) is 5.82 Å². The maximum atomic E-state index is 12.8. The lowest BCUT2D eigenvalue weighted by Gasteiger charge is -2.11. The first-order chi connectivity index (χ1) is 9.56. The fraction of sp³-hybridized carbons (Fsp3) is 0.143. The fourth-order valence-corrected chi connectivity index (χ4v) is 3.18. The van der Waals surface area contributed by atoms with Crippen molar-refractivity contribution in [2.75, 3.05) is 11.3 Å². The van der Waals surface area contributed by atoms with Crippen molar-refractivity contribution >= 4 is 15.7 Å². The standard InChI is InChI=1S/C14H12FNO3S/c15-11-4-6-12(7-5-11)20(17,18)16-13-3-1-2-10-8-9-19-14(10)13/h1-7,16H,8-9H2. The highest BCUT2D eigenvalue weighted by Gasteiger charge is 2.21. The van der Waals surface area contributed by atoms with Crippen LogP contribution in [0.3, 0.4) is 0 Å². The molecular weight excluding hydrogens is 281 g/mol. The summed E-state index contributed by atoms with van der Waals surface area (Å²) < 4.78 is 45.2. The van der Waals surface area contributed by atoms with E-state index in [-0.39, 0.29) is 4.90 Å². The third-order valence-corrected chi connectivity index (χ3v) is 4.46. The van der Waals surface area contributed by atoms with Gasteiger partial charge in [0.05, 0.1) is 17.2 Å². The van der Waals surface area contributed by atoms with Crippen LogP contribution in [0.2, 0.25) is 0 Å². The summed E-state index contributed by atoms with van der Waals surface area (Å²) in [5, 5.41) is 0. The van der Waals surface area contributed by atoms with E-state index in [0.717, 1.165) is 24.1 Å². The second-order valence-electron chi connectivity index (χ2n) is 4.45. The zero-order valence-electron chi connectivity index (χ0n) is 10.5. The first kappa shape index (κ1) is 12.9. The first-order valence-corrected chi connectivity index (χ1v) is 7.58. The molecule has 4 nitrogen and oxygen atoms in total. The molecule has 2 aromatic carbocycles. The van der Waals surface area contributed by atoms with Gasteiger partial charge in [0.15, 0.2) is 0 Å². The van der Waals surface area contributed by atoms with Gasteiger partial charge in [0.2, 0.25) is 0 Å². The predicted octanol–water partition coefficient (Wildman–Crippen LogP) is 2.56. The molecule has 3 rings (SSSR count). The highest BCUT2D eigenvalue weighted by atomic mass is 32.2. The minimum Gasteiger partial charge on any atom is -0.491 e. The van der Waals surface area contributed by atoms with Crippen LogP contribution < -0.4 is 9.46 Å². The third-order valence-electron chi connectivity index (χ3n) is 3.08. The summed E-state index contributed by atoms with van der Waals surface area (Å²) in [6.45, 7) is 0.546. The Balaban J connectivity index is 1.95. The molecule has 0 fully saturated rings. The Hall–Kier alpha value is -2.08. The molecule has 0 aromatic heterocycles. The van der Waals surface area contributed by atoms with Gasteiger partial charge in [-0.3, -0.25) is 4.72 Å². The van der Waals surface area contributed by atoms with E-state index in [9.17, 15) is 12.8 Å². The lowest BCUT2D eigenvalue weighted by atomic mass is 10.1. The van der Waals surface area contributed by atoms with Crippen LogP contribution in [0.1, 0.15) is 5.56 Å². The zero-order valence-corrected chi connectivity index (χ0v) is 11.3. The van der Waals surface area contributed by atoms with Gasteiger partial charge in [-0.15, -0.1) is 0 Å². The van der Waals surface area contributed by atoms with E-state index < -0.39 is 15.8 Å². The highest BCUT2D eigenvalue weighted by Crippen LogP contribution is 2.34. The Morgan fingerprint density at radius 1 is 1.10 bits per heavy atom. The summed E-state index contributed by atoms with van der Waals surface area (Å²) in [4.78, 5) is 0.00880. The van der Waals surface area contributed by atoms with Crippen molar-refractivity contribution in [1.82, 2.24) is 0 Å². The van der Waals surface area contributed by atoms with Crippen LogP contribution >= 0.6 is 0 Å². The number of sulfonamides is 1. The molecule has 104 valence electrons. The summed E-state index contributed by atoms with van der Waals surface area (Å²) in [6, 6.07) is 9.99. The molecule has 1 heterocycles. The van der Waals surface area contributed by atoms with E-state index in [1.54, 1.807) is 12.1 Å². The molecule has 1 aliphatic heterocycles. The Kier molecular flexibility index (Phi) is 3.10. The van der Waals surface area contributed by atoms with Gasteiger partial charge in [-0.1, -0.05) is 12.1 Å². The number of halogens is 1. The zero-order chi connectivity index (χ0) is 14.2. The second kappa shape index (κ2) is 4.79. The molecule has 1 aliphatic rings. The topological polar surface area (TPSA) is 55.4 Å². The average Bonchev–Trinajstić information content (AvgIpc) is 2.88. The number of anilines is 1. The third kappa shape index (κ3) is 2.34. The van der Waals surface area contributed by atoms with E-state index in [4.69, 9.17) is 4.74 Å². The quantitative estimate of drug-likeness (QED) is 0.946. The van der Waals surface area contributed by atoms with Crippen LogP contribution in [0.5, 0.6) is 5.75 Å². The number of para-hydroxylation sites is 1. The van der Waals surface area contributed by atoms with Gasteiger partial charge in [0.25, 0.3) is 10.0 Å². The molecule has 6 heteroatoms. The minimum absolute atomic E-state index is 0.00880. The van der Waals surface area contributed by atoms with Crippen molar-refractivity contribution < 1.29 is 17.5 Å². The maximum Gasteiger partial charge on any atom is 0.262 e. The Bertz CT molecular complexity index is 742. The molecule has 0 amide bonds. The SMILES string of the molecule is O=S(=O)(Nc1cccc2c1OCC2)c1ccc(F)cc1. The summed E-state index contributed by atoms with van der Waals surface area (Å²) in [7, 11) is -3.75. The van der Waals surface area contributed by atoms with E-state index in [0.29, 0.717) is 18.0 Å². The van der Waals surface area contributed by atoms with Crippen LogP contribution in [0.25, 0.3) is 0 Å². The van der Waals surface area contributed by atoms with Crippen molar-refractivity contribution in [3.8, 4) is 5.75 Å². The van der Waals surface area contributed by atoms with Crippen molar-refractivity contribution in [3.63, 3.8) is 0 Å². The molecule has 0 bridgehead atoms. The minimum atomic E-state index is -3.75. The van der Waals surface area contributed by atoms with Crippen LogP contribution in [0.4, 0.5) is 10.1 Å². The molecular formula is C14H12FNO3S. The first-order valence-electron chi connectivity index (χ1n) is 6.09. The van der Waals surface area contributed by atoms with Crippen molar-refractivity contribution in [2.24, 2.45) is 0 Å². The van der Waals surface area contributed by atoms with Crippen LogP contribution in [0.15, 0.2) is 47.4 Å². The van der Waals surface area contributed by atoms with Gasteiger partial charge in [-0.05, 0) is 35.9 Å². The monoisotopic (exact) mass is 293 g/mol. The molecule has 0 radical (unpaired) electrons. The maximum absolute atomic E-state index is 12.8. The smallest absolute Gasteiger partial charge is 0.262 e. The number of fused-ring (bicyclic) bond motifs is 1. The van der Waals surface area contributed by atoms with Crippen molar-refractivity contribution in [1.29, 1.82) is 0 Å². The molecule has 0 spiro atoms. The summed E-state index contributed by atoms with van der Waals surface area (Å²) >= 11 is 0. The highest BCUT2D eigenvalue weighted by molar-refractivity contribution is 7.92.